The number of piperidine rings is 1. The van der Waals surface area contributed by atoms with E-state index in [0.29, 0.717) is 12.0 Å². The number of thiazole rings is 1. The second-order valence-electron chi connectivity index (χ2n) is 6.67. The molecule has 120 valence electrons. The molecule has 5 heteroatoms. The van der Waals surface area contributed by atoms with E-state index in [4.69, 9.17) is 9.72 Å². The molecule has 2 heterocycles. The molecule has 0 atom stereocenters. The van der Waals surface area contributed by atoms with Gasteiger partial charge in [0.2, 0.25) is 0 Å². The predicted octanol–water partition coefficient (Wildman–Crippen LogP) is 3.42. The fourth-order valence-electron chi connectivity index (χ4n) is 2.86. The van der Waals surface area contributed by atoms with Crippen molar-refractivity contribution in [3.63, 3.8) is 0 Å². The molecule has 0 saturated carbocycles. The Bertz CT molecular complexity index is 445. The molecule has 1 aromatic heterocycles. The van der Waals surface area contributed by atoms with Crippen LogP contribution in [0, 0.1) is 5.41 Å². The third kappa shape index (κ3) is 4.66. The van der Waals surface area contributed by atoms with Crippen LogP contribution in [0.2, 0.25) is 0 Å². The van der Waals surface area contributed by atoms with Crippen LogP contribution in [0.3, 0.4) is 0 Å². The highest BCUT2D eigenvalue weighted by Crippen LogP contribution is 2.34. The van der Waals surface area contributed by atoms with Crippen LogP contribution in [-0.2, 0) is 17.9 Å². The van der Waals surface area contributed by atoms with Crippen molar-refractivity contribution < 1.29 is 4.74 Å². The summed E-state index contributed by atoms with van der Waals surface area (Å²) in [7, 11) is 1.74. The van der Waals surface area contributed by atoms with E-state index in [-0.39, 0.29) is 0 Å². The van der Waals surface area contributed by atoms with Gasteiger partial charge in [0.05, 0.1) is 12.3 Å². The number of anilines is 1. The first-order chi connectivity index (χ1) is 10.1. The molecule has 2 rings (SSSR count). The van der Waals surface area contributed by atoms with Crippen molar-refractivity contribution in [1.29, 1.82) is 0 Å². The third-order valence-electron chi connectivity index (χ3n) is 3.93. The summed E-state index contributed by atoms with van der Waals surface area (Å²) in [4.78, 5) is 8.63. The number of methoxy groups -OCH3 is 1. The number of ether oxygens (including phenoxy) is 1. The summed E-state index contributed by atoms with van der Waals surface area (Å²) in [6.45, 7) is 11.7. The normalized spacial score (nSPS) is 18.2. The first-order valence-electron chi connectivity index (χ1n) is 7.99. The van der Waals surface area contributed by atoms with Gasteiger partial charge in [-0.15, -0.1) is 11.3 Å². The Hall–Kier alpha value is -0.650. The van der Waals surface area contributed by atoms with Gasteiger partial charge in [-0.3, -0.25) is 0 Å². The molecule has 1 aliphatic rings. The van der Waals surface area contributed by atoms with E-state index in [9.17, 15) is 0 Å². The molecular weight excluding hydrogens is 282 g/mol. The van der Waals surface area contributed by atoms with E-state index in [2.05, 4.69) is 31.0 Å². The summed E-state index contributed by atoms with van der Waals surface area (Å²) < 4.78 is 5.31. The smallest absolute Gasteiger partial charge is 0.185 e. The van der Waals surface area contributed by atoms with Crippen molar-refractivity contribution in [2.45, 2.75) is 53.2 Å². The molecule has 1 aromatic rings. The van der Waals surface area contributed by atoms with E-state index in [1.807, 2.05) is 11.3 Å². The fraction of sp³-hybridized carbons (Fsp3) is 0.812. The zero-order valence-corrected chi connectivity index (χ0v) is 14.7. The number of hydrogen-bond donors (Lipinski definition) is 1. The molecule has 0 spiro atoms. The Balaban J connectivity index is 2.10. The summed E-state index contributed by atoms with van der Waals surface area (Å²) in [6.07, 6.45) is 3.73. The maximum atomic E-state index is 5.31. The summed E-state index contributed by atoms with van der Waals surface area (Å²) in [6, 6.07) is 0. The number of aromatic nitrogens is 1. The standard InChI is InChI=1S/C16H29N3OS/c1-5-8-17-10-14-13(11-20-4)18-15(21-14)19-9-6-7-16(2,3)12-19/h17H,5-12H2,1-4H3. The second-order valence-corrected chi connectivity index (χ2v) is 7.73. The maximum absolute atomic E-state index is 5.31. The van der Waals surface area contributed by atoms with Crippen LogP contribution < -0.4 is 10.2 Å². The molecule has 0 bridgehead atoms. The number of nitrogens with one attached hydrogen (secondary N) is 1. The molecule has 0 aliphatic carbocycles. The molecule has 0 amide bonds. The van der Waals surface area contributed by atoms with Crippen LogP contribution in [0.25, 0.3) is 0 Å². The van der Waals surface area contributed by atoms with Gasteiger partial charge >= 0.3 is 0 Å². The van der Waals surface area contributed by atoms with Crippen LogP contribution >= 0.6 is 11.3 Å². The number of hydrogen-bond acceptors (Lipinski definition) is 5. The van der Waals surface area contributed by atoms with Crippen molar-refractivity contribution in [3.05, 3.63) is 10.6 Å². The average molecular weight is 311 g/mol. The summed E-state index contributed by atoms with van der Waals surface area (Å²) >= 11 is 1.83. The molecule has 0 radical (unpaired) electrons. The monoisotopic (exact) mass is 311 g/mol. The highest BCUT2D eigenvalue weighted by Gasteiger charge is 2.28. The lowest BCUT2D eigenvalue weighted by molar-refractivity contribution is 0.181. The Morgan fingerprint density at radius 2 is 2.24 bits per heavy atom. The van der Waals surface area contributed by atoms with Crippen molar-refractivity contribution >= 4 is 16.5 Å². The topological polar surface area (TPSA) is 37.4 Å². The van der Waals surface area contributed by atoms with Gasteiger partial charge in [-0.05, 0) is 31.2 Å². The molecule has 1 fully saturated rings. The molecule has 0 aromatic carbocycles. The van der Waals surface area contributed by atoms with E-state index < -0.39 is 0 Å². The van der Waals surface area contributed by atoms with Crippen molar-refractivity contribution in [1.82, 2.24) is 10.3 Å². The number of nitrogens with zero attached hydrogens (tertiary/aromatic N) is 2. The van der Waals surface area contributed by atoms with Crippen molar-refractivity contribution in [2.24, 2.45) is 5.41 Å². The van der Waals surface area contributed by atoms with E-state index in [1.54, 1.807) is 7.11 Å². The van der Waals surface area contributed by atoms with Gasteiger partial charge in [-0.1, -0.05) is 20.8 Å². The molecule has 21 heavy (non-hydrogen) atoms. The molecule has 1 N–H and O–H groups in total. The minimum atomic E-state index is 0.395. The van der Waals surface area contributed by atoms with Crippen LogP contribution in [-0.4, -0.2) is 31.7 Å². The van der Waals surface area contributed by atoms with Gasteiger partial charge in [0, 0.05) is 31.6 Å². The molecule has 1 saturated heterocycles. The third-order valence-corrected chi connectivity index (χ3v) is 5.09. The van der Waals surface area contributed by atoms with E-state index in [1.165, 1.54) is 22.9 Å². The second kappa shape index (κ2) is 7.56. The van der Waals surface area contributed by atoms with Gasteiger partial charge in [0.15, 0.2) is 5.13 Å². The molecule has 1 aliphatic heterocycles. The van der Waals surface area contributed by atoms with Gasteiger partial charge in [-0.2, -0.15) is 0 Å². The lowest BCUT2D eigenvalue weighted by Gasteiger charge is -2.37. The van der Waals surface area contributed by atoms with Crippen molar-refractivity contribution in [2.75, 3.05) is 31.6 Å². The Kier molecular flexibility index (Phi) is 6.02. The first-order valence-corrected chi connectivity index (χ1v) is 8.80. The van der Waals surface area contributed by atoms with Gasteiger partial charge in [0.1, 0.15) is 0 Å². The van der Waals surface area contributed by atoms with Crippen LogP contribution in [0.5, 0.6) is 0 Å². The van der Waals surface area contributed by atoms with Gasteiger partial charge in [-0.25, -0.2) is 4.98 Å². The minimum absolute atomic E-state index is 0.395. The quantitative estimate of drug-likeness (QED) is 0.783. The first kappa shape index (κ1) is 16.7. The largest absolute Gasteiger partial charge is 0.378 e. The maximum Gasteiger partial charge on any atom is 0.185 e. The Morgan fingerprint density at radius 3 is 2.90 bits per heavy atom. The highest BCUT2D eigenvalue weighted by molar-refractivity contribution is 7.15. The fourth-order valence-corrected chi connectivity index (χ4v) is 3.92. The van der Waals surface area contributed by atoms with E-state index in [0.717, 1.165) is 38.3 Å². The number of rotatable bonds is 7. The van der Waals surface area contributed by atoms with Crippen LogP contribution in [0.15, 0.2) is 0 Å². The molecular formula is C16H29N3OS. The zero-order chi connectivity index (χ0) is 15.3. The zero-order valence-electron chi connectivity index (χ0n) is 13.9. The Labute approximate surface area is 132 Å². The molecule has 4 nitrogen and oxygen atoms in total. The van der Waals surface area contributed by atoms with Gasteiger partial charge < -0.3 is 15.0 Å². The average Bonchev–Trinajstić information content (AvgIpc) is 2.82. The predicted molar refractivity (Wildman–Crippen MR) is 90.1 cm³/mol. The lowest BCUT2D eigenvalue weighted by Crippen LogP contribution is -2.40. The lowest BCUT2D eigenvalue weighted by atomic mass is 9.84. The van der Waals surface area contributed by atoms with Crippen LogP contribution in [0.1, 0.15) is 50.6 Å². The van der Waals surface area contributed by atoms with Gasteiger partial charge in [0.25, 0.3) is 0 Å². The summed E-state index contributed by atoms with van der Waals surface area (Å²) in [5.41, 5.74) is 1.50. The molecule has 0 unspecified atom stereocenters. The van der Waals surface area contributed by atoms with Crippen LogP contribution in [0.4, 0.5) is 5.13 Å². The van der Waals surface area contributed by atoms with Crippen molar-refractivity contribution in [3.8, 4) is 0 Å². The SMILES string of the molecule is CCCNCc1sc(N2CCCC(C)(C)C2)nc1COC. The van der Waals surface area contributed by atoms with E-state index >= 15 is 0 Å². The highest BCUT2D eigenvalue weighted by atomic mass is 32.1. The summed E-state index contributed by atoms with van der Waals surface area (Å²) in [5, 5.41) is 4.65. The Morgan fingerprint density at radius 1 is 1.43 bits per heavy atom. The summed E-state index contributed by atoms with van der Waals surface area (Å²) in [5.74, 6) is 0. The minimum Gasteiger partial charge on any atom is -0.378 e.